The van der Waals surface area contributed by atoms with Crippen LogP contribution in [0.5, 0.6) is 0 Å². The van der Waals surface area contributed by atoms with Crippen molar-refractivity contribution < 1.29 is 23.9 Å². The summed E-state index contributed by atoms with van der Waals surface area (Å²) >= 11 is 0. The van der Waals surface area contributed by atoms with Gasteiger partial charge in [0, 0.05) is 13.1 Å². The maximum atomic E-state index is 12.2. The van der Waals surface area contributed by atoms with E-state index in [9.17, 15) is 14.4 Å². The molecule has 1 fully saturated rings. The van der Waals surface area contributed by atoms with Crippen LogP contribution < -0.4 is 5.32 Å². The summed E-state index contributed by atoms with van der Waals surface area (Å²) in [5.74, 6) is -1.04. The quantitative estimate of drug-likeness (QED) is 0.781. The molecule has 1 aromatic rings. The van der Waals surface area contributed by atoms with E-state index in [0.29, 0.717) is 25.9 Å². The smallest absolute Gasteiger partial charge is 0.410 e. The molecule has 0 aliphatic carbocycles. The summed E-state index contributed by atoms with van der Waals surface area (Å²) < 4.78 is 10.5. The van der Waals surface area contributed by atoms with Crippen LogP contribution in [-0.4, -0.2) is 48.2 Å². The molecule has 154 valence electrons. The van der Waals surface area contributed by atoms with E-state index in [0.717, 1.165) is 5.56 Å². The summed E-state index contributed by atoms with van der Waals surface area (Å²) in [5, 5.41) is 2.81. The van der Waals surface area contributed by atoms with Crippen molar-refractivity contribution in [3.05, 3.63) is 35.9 Å². The average molecular weight is 390 g/mol. The van der Waals surface area contributed by atoms with Gasteiger partial charge in [0.25, 0.3) is 5.91 Å². The van der Waals surface area contributed by atoms with E-state index in [2.05, 4.69) is 5.32 Å². The molecule has 1 atom stereocenters. The molecule has 1 aromatic carbocycles. The highest BCUT2D eigenvalue weighted by Crippen LogP contribution is 2.21. The summed E-state index contributed by atoms with van der Waals surface area (Å²) in [4.78, 5) is 37.9. The lowest BCUT2D eigenvalue weighted by molar-refractivity contribution is -0.154. The number of hydrogen-bond donors (Lipinski definition) is 1. The first-order valence-electron chi connectivity index (χ1n) is 9.64. The summed E-state index contributed by atoms with van der Waals surface area (Å²) in [6, 6.07) is 9.41. The Labute approximate surface area is 166 Å². The van der Waals surface area contributed by atoms with Crippen LogP contribution in [0.1, 0.15) is 52.1 Å². The molecular weight excluding hydrogens is 360 g/mol. The minimum atomic E-state index is -0.545. The van der Waals surface area contributed by atoms with Gasteiger partial charge in [0.15, 0.2) is 6.61 Å². The van der Waals surface area contributed by atoms with Crippen LogP contribution >= 0.6 is 0 Å². The maximum Gasteiger partial charge on any atom is 0.410 e. The van der Waals surface area contributed by atoms with Gasteiger partial charge < -0.3 is 19.7 Å². The van der Waals surface area contributed by atoms with E-state index < -0.39 is 11.6 Å². The Morgan fingerprint density at radius 3 is 2.32 bits per heavy atom. The van der Waals surface area contributed by atoms with Gasteiger partial charge in [-0.1, -0.05) is 30.3 Å². The number of esters is 1. The Kier molecular flexibility index (Phi) is 7.43. The van der Waals surface area contributed by atoms with Gasteiger partial charge in [-0.05, 0) is 46.1 Å². The van der Waals surface area contributed by atoms with Crippen LogP contribution in [0.2, 0.25) is 0 Å². The topological polar surface area (TPSA) is 84.9 Å². The van der Waals surface area contributed by atoms with Crippen molar-refractivity contribution in [2.45, 2.75) is 52.2 Å². The first-order valence-corrected chi connectivity index (χ1v) is 9.64. The Morgan fingerprint density at radius 1 is 1.14 bits per heavy atom. The number of nitrogens with zero attached hydrogens (tertiary/aromatic N) is 1. The SMILES string of the molecule is C[C@H](NC(=O)COC(=O)C1CCN(C(=O)OC(C)(C)C)CC1)c1ccccc1. The van der Waals surface area contributed by atoms with Gasteiger partial charge in [-0.3, -0.25) is 9.59 Å². The molecule has 0 aromatic heterocycles. The standard InChI is InChI=1S/C21H30N2O5/c1-15(16-8-6-5-7-9-16)22-18(24)14-27-19(25)17-10-12-23(13-11-17)20(26)28-21(2,3)4/h5-9,15,17H,10-14H2,1-4H3,(H,22,24)/t15-/m0/s1. The second-order valence-corrected chi connectivity index (χ2v) is 8.05. The van der Waals surface area contributed by atoms with E-state index in [1.165, 1.54) is 0 Å². The fourth-order valence-electron chi connectivity index (χ4n) is 2.99. The van der Waals surface area contributed by atoms with Crippen molar-refractivity contribution in [3.63, 3.8) is 0 Å². The van der Waals surface area contributed by atoms with Crippen LogP contribution in [0, 0.1) is 5.92 Å². The third-order valence-corrected chi connectivity index (χ3v) is 4.50. The molecule has 28 heavy (non-hydrogen) atoms. The van der Waals surface area contributed by atoms with E-state index in [-0.39, 0.29) is 30.6 Å². The lowest BCUT2D eigenvalue weighted by Gasteiger charge is -2.32. The van der Waals surface area contributed by atoms with Gasteiger partial charge in [-0.25, -0.2) is 4.79 Å². The number of nitrogens with one attached hydrogen (secondary N) is 1. The highest BCUT2D eigenvalue weighted by molar-refractivity contribution is 5.81. The van der Waals surface area contributed by atoms with Crippen LogP contribution in [0.25, 0.3) is 0 Å². The third kappa shape index (κ3) is 6.87. The fourth-order valence-corrected chi connectivity index (χ4v) is 2.99. The van der Waals surface area contributed by atoms with Crippen LogP contribution in [0.4, 0.5) is 4.79 Å². The number of rotatable bonds is 5. The number of likely N-dealkylation sites (tertiary alicyclic amines) is 1. The summed E-state index contributed by atoms with van der Waals surface area (Å²) in [7, 11) is 0. The molecule has 0 radical (unpaired) electrons. The van der Waals surface area contributed by atoms with Crippen molar-refractivity contribution >= 4 is 18.0 Å². The highest BCUT2D eigenvalue weighted by Gasteiger charge is 2.31. The molecule has 1 aliphatic heterocycles. The zero-order valence-corrected chi connectivity index (χ0v) is 17.1. The largest absolute Gasteiger partial charge is 0.455 e. The molecule has 1 N–H and O–H groups in total. The maximum absolute atomic E-state index is 12.2. The summed E-state index contributed by atoms with van der Waals surface area (Å²) in [6.45, 7) is 7.90. The van der Waals surface area contributed by atoms with Gasteiger partial charge >= 0.3 is 12.1 Å². The molecule has 1 heterocycles. The van der Waals surface area contributed by atoms with E-state index in [4.69, 9.17) is 9.47 Å². The monoisotopic (exact) mass is 390 g/mol. The number of benzene rings is 1. The minimum Gasteiger partial charge on any atom is -0.455 e. The average Bonchev–Trinajstić information content (AvgIpc) is 2.65. The van der Waals surface area contributed by atoms with Crippen molar-refractivity contribution in [3.8, 4) is 0 Å². The summed E-state index contributed by atoms with van der Waals surface area (Å²) in [6.07, 6.45) is 0.633. The molecule has 0 spiro atoms. The predicted octanol–water partition coefficient (Wildman–Crippen LogP) is 3.05. The fraction of sp³-hybridized carbons (Fsp3) is 0.571. The van der Waals surface area contributed by atoms with E-state index >= 15 is 0 Å². The number of hydrogen-bond acceptors (Lipinski definition) is 5. The van der Waals surface area contributed by atoms with Gasteiger partial charge in [0.05, 0.1) is 12.0 Å². The lowest BCUT2D eigenvalue weighted by Crippen LogP contribution is -2.43. The molecule has 0 unspecified atom stereocenters. The zero-order chi connectivity index (χ0) is 20.7. The minimum absolute atomic E-state index is 0.163. The van der Waals surface area contributed by atoms with Gasteiger partial charge in [0.2, 0.25) is 0 Å². The molecule has 1 aliphatic rings. The molecular formula is C21H30N2O5. The number of amides is 2. The second-order valence-electron chi connectivity index (χ2n) is 8.05. The van der Waals surface area contributed by atoms with Crippen molar-refractivity contribution in [2.24, 2.45) is 5.92 Å². The molecule has 1 saturated heterocycles. The summed E-state index contributed by atoms with van der Waals surface area (Å²) in [5.41, 5.74) is 0.439. The Balaban J connectivity index is 1.71. The van der Waals surface area contributed by atoms with Gasteiger partial charge in [-0.15, -0.1) is 0 Å². The first kappa shape index (κ1) is 21.7. The Morgan fingerprint density at radius 2 is 1.75 bits per heavy atom. The lowest BCUT2D eigenvalue weighted by atomic mass is 9.97. The first-order chi connectivity index (χ1) is 13.2. The Bertz CT molecular complexity index is 676. The van der Waals surface area contributed by atoms with Crippen molar-refractivity contribution in [1.82, 2.24) is 10.2 Å². The Hall–Kier alpha value is -2.57. The number of carbonyl (C=O) groups is 3. The molecule has 2 rings (SSSR count). The van der Waals surface area contributed by atoms with Gasteiger partial charge in [-0.2, -0.15) is 0 Å². The third-order valence-electron chi connectivity index (χ3n) is 4.50. The number of ether oxygens (including phenoxy) is 2. The number of piperidine rings is 1. The van der Waals surface area contributed by atoms with Crippen LogP contribution in [0.3, 0.4) is 0 Å². The van der Waals surface area contributed by atoms with E-state index in [1.54, 1.807) is 4.90 Å². The van der Waals surface area contributed by atoms with Crippen molar-refractivity contribution in [1.29, 1.82) is 0 Å². The molecule has 7 nitrogen and oxygen atoms in total. The van der Waals surface area contributed by atoms with Crippen LogP contribution in [0.15, 0.2) is 30.3 Å². The second kappa shape index (κ2) is 9.57. The number of carbonyl (C=O) groups excluding carboxylic acids is 3. The molecule has 0 saturated carbocycles. The van der Waals surface area contributed by atoms with Gasteiger partial charge in [0.1, 0.15) is 5.60 Å². The highest BCUT2D eigenvalue weighted by atomic mass is 16.6. The van der Waals surface area contributed by atoms with E-state index in [1.807, 2.05) is 58.0 Å². The predicted molar refractivity (Wildman–Crippen MR) is 104 cm³/mol. The normalized spacial score (nSPS) is 16.2. The zero-order valence-electron chi connectivity index (χ0n) is 17.1. The van der Waals surface area contributed by atoms with Crippen molar-refractivity contribution in [2.75, 3.05) is 19.7 Å². The molecule has 2 amide bonds. The molecule has 7 heteroatoms. The van der Waals surface area contributed by atoms with Crippen LogP contribution in [-0.2, 0) is 19.1 Å². The molecule has 0 bridgehead atoms.